The number of carbonyl (C=O) groups is 1. The number of esters is 1. The molecule has 0 bridgehead atoms. The Labute approximate surface area is 236 Å². The number of carbonyl (C=O) groups excluding carboxylic acids is 1. The number of nitrogens with two attached hydrogens (primary N) is 1. The molecule has 1 heterocycles. The van der Waals surface area contributed by atoms with Gasteiger partial charge in [0.05, 0.1) is 23.9 Å². The quantitative estimate of drug-likeness (QED) is 0.426. The number of hydrogen-bond acceptors (Lipinski definition) is 6. The van der Waals surface area contributed by atoms with E-state index in [0.29, 0.717) is 46.3 Å². The molecule has 2 spiro atoms. The fourth-order valence-corrected chi connectivity index (χ4v) is 12.8. The largest absolute Gasteiger partial charge is 0.457 e. The van der Waals surface area contributed by atoms with Crippen LogP contribution in [0.25, 0.3) is 0 Å². The topological polar surface area (TPSA) is 102 Å². The van der Waals surface area contributed by atoms with Gasteiger partial charge in [-0.25, -0.2) is 0 Å². The Morgan fingerprint density at radius 3 is 2.41 bits per heavy atom. The van der Waals surface area contributed by atoms with Crippen molar-refractivity contribution in [1.29, 1.82) is 0 Å². The monoisotopic (exact) mass is 545 g/mol. The lowest BCUT2D eigenvalue weighted by atomic mass is 9.45. The Bertz CT molecular complexity index is 1010. The van der Waals surface area contributed by atoms with E-state index in [4.69, 9.17) is 15.2 Å². The summed E-state index contributed by atoms with van der Waals surface area (Å²) in [4.78, 5) is 12.3. The normalized spacial score (nSPS) is 54.3. The Balaban J connectivity index is 1.32. The van der Waals surface area contributed by atoms with Gasteiger partial charge in [-0.3, -0.25) is 4.79 Å². The molecule has 4 N–H and O–H groups in total. The van der Waals surface area contributed by atoms with Gasteiger partial charge < -0.3 is 25.4 Å². The number of aliphatic hydroxyl groups is 2. The van der Waals surface area contributed by atoms with Crippen molar-refractivity contribution in [3.8, 4) is 0 Å². The van der Waals surface area contributed by atoms with Crippen LogP contribution in [0, 0.1) is 57.2 Å². The molecular weight excluding hydrogens is 490 g/mol. The van der Waals surface area contributed by atoms with E-state index in [-0.39, 0.29) is 47.6 Å². The van der Waals surface area contributed by atoms with Gasteiger partial charge in [-0.15, -0.1) is 0 Å². The molecule has 6 aliphatic rings. The highest BCUT2D eigenvalue weighted by atomic mass is 16.6. The van der Waals surface area contributed by atoms with E-state index < -0.39 is 11.7 Å². The molecule has 0 radical (unpaired) electrons. The summed E-state index contributed by atoms with van der Waals surface area (Å²) in [6.07, 6.45) is 6.67. The molecule has 6 rings (SSSR count). The molecule has 0 amide bonds. The van der Waals surface area contributed by atoms with Gasteiger partial charge in [0.2, 0.25) is 0 Å². The van der Waals surface area contributed by atoms with Gasteiger partial charge in [-0.1, -0.05) is 41.5 Å². The van der Waals surface area contributed by atoms with Crippen LogP contribution in [0.5, 0.6) is 0 Å². The summed E-state index contributed by atoms with van der Waals surface area (Å²) in [5.74, 6) is 2.74. The van der Waals surface area contributed by atoms with Crippen LogP contribution in [-0.4, -0.2) is 52.2 Å². The van der Waals surface area contributed by atoms with Crippen molar-refractivity contribution in [2.24, 2.45) is 62.9 Å². The maximum absolute atomic E-state index is 12.3. The minimum Gasteiger partial charge on any atom is -0.457 e. The Morgan fingerprint density at radius 2 is 1.77 bits per heavy atom. The highest BCUT2D eigenvalue weighted by molar-refractivity contribution is 5.69. The minimum absolute atomic E-state index is 0.0274. The third kappa shape index (κ3) is 3.44. The van der Waals surface area contributed by atoms with Crippen LogP contribution in [0.1, 0.15) is 107 Å². The van der Waals surface area contributed by atoms with Crippen molar-refractivity contribution >= 4 is 5.97 Å². The smallest absolute Gasteiger partial charge is 0.305 e. The highest BCUT2D eigenvalue weighted by Crippen LogP contribution is 2.89. The number of aliphatic hydroxyl groups excluding tert-OH is 1. The Hall–Kier alpha value is -0.690. The third-order valence-electron chi connectivity index (χ3n) is 14.3. The summed E-state index contributed by atoms with van der Waals surface area (Å²) in [7, 11) is 0. The SMILES string of the molecule is CCC(=O)OC(C1CC(C)C2C(O1)C(N)C1C3CCC4C(C)(C)C(O)CCC45C(C)C35CCC21C)C(C)(C)O. The first-order chi connectivity index (χ1) is 18.1. The van der Waals surface area contributed by atoms with Crippen LogP contribution in [0.3, 0.4) is 0 Å². The molecule has 5 saturated carbocycles. The first kappa shape index (κ1) is 28.4. The second-order valence-corrected chi connectivity index (χ2v) is 16.3. The van der Waals surface area contributed by atoms with Gasteiger partial charge in [0, 0.05) is 12.5 Å². The molecule has 0 aromatic heterocycles. The molecule has 6 nitrogen and oxygen atoms in total. The van der Waals surface area contributed by atoms with Gasteiger partial charge in [0.1, 0.15) is 0 Å². The molecule has 5 aliphatic carbocycles. The highest BCUT2D eigenvalue weighted by Gasteiger charge is 2.85. The summed E-state index contributed by atoms with van der Waals surface area (Å²) in [6, 6.07) is -0.0552. The van der Waals surface area contributed by atoms with Gasteiger partial charge in [-0.05, 0) is 116 Å². The maximum atomic E-state index is 12.3. The van der Waals surface area contributed by atoms with Crippen LogP contribution in [0.15, 0.2) is 0 Å². The predicted octanol–water partition coefficient (Wildman–Crippen LogP) is 5.08. The van der Waals surface area contributed by atoms with E-state index in [1.165, 1.54) is 25.7 Å². The number of rotatable bonds is 4. The lowest BCUT2D eigenvalue weighted by Gasteiger charge is -2.59. The summed E-state index contributed by atoms with van der Waals surface area (Å²) in [6.45, 7) is 17.2. The molecule has 14 atom stereocenters. The van der Waals surface area contributed by atoms with Gasteiger partial charge in [0.25, 0.3) is 0 Å². The lowest BCUT2D eigenvalue weighted by molar-refractivity contribution is -0.210. The third-order valence-corrected chi connectivity index (χ3v) is 14.3. The summed E-state index contributed by atoms with van der Waals surface area (Å²) < 4.78 is 12.7. The molecule has 6 heteroatoms. The van der Waals surface area contributed by atoms with Crippen molar-refractivity contribution in [1.82, 2.24) is 0 Å². The minimum atomic E-state index is -1.20. The van der Waals surface area contributed by atoms with Crippen molar-refractivity contribution in [2.75, 3.05) is 0 Å². The first-order valence-corrected chi connectivity index (χ1v) is 16.1. The zero-order valence-corrected chi connectivity index (χ0v) is 25.7. The number of ether oxygens (including phenoxy) is 2. The number of fused-ring (bicyclic) bond motifs is 4. The summed E-state index contributed by atoms with van der Waals surface area (Å²) in [5, 5.41) is 22.0. The molecule has 6 fully saturated rings. The average Bonchev–Trinajstić information content (AvgIpc) is 3.29. The Kier molecular flexibility index (Phi) is 6.32. The van der Waals surface area contributed by atoms with Crippen molar-refractivity contribution in [2.45, 2.75) is 143 Å². The molecular formula is C33H55NO5. The van der Waals surface area contributed by atoms with E-state index >= 15 is 0 Å². The zero-order valence-electron chi connectivity index (χ0n) is 25.7. The second-order valence-electron chi connectivity index (χ2n) is 16.3. The zero-order chi connectivity index (χ0) is 28.5. The lowest BCUT2D eigenvalue weighted by Crippen LogP contribution is -2.56. The van der Waals surface area contributed by atoms with Gasteiger partial charge >= 0.3 is 5.97 Å². The molecule has 14 unspecified atom stereocenters. The van der Waals surface area contributed by atoms with E-state index in [9.17, 15) is 15.0 Å². The molecule has 1 saturated heterocycles. The van der Waals surface area contributed by atoms with Crippen molar-refractivity contribution in [3.05, 3.63) is 0 Å². The molecule has 1 aliphatic heterocycles. The number of hydrogen-bond donors (Lipinski definition) is 3. The van der Waals surface area contributed by atoms with Crippen molar-refractivity contribution < 1.29 is 24.5 Å². The van der Waals surface area contributed by atoms with Crippen LogP contribution in [-0.2, 0) is 14.3 Å². The molecule has 222 valence electrons. The van der Waals surface area contributed by atoms with Gasteiger partial charge in [-0.2, -0.15) is 0 Å². The fraction of sp³-hybridized carbons (Fsp3) is 0.970. The average molecular weight is 546 g/mol. The molecule has 0 aromatic rings. The van der Waals surface area contributed by atoms with Crippen LogP contribution < -0.4 is 5.73 Å². The van der Waals surface area contributed by atoms with E-state index in [1.54, 1.807) is 20.8 Å². The van der Waals surface area contributed by atoms with E-state index in [0.717, 1.165) is 19.3 Å². The standard InChI is InChI=1S/C33H55NO5/c1-9-23(36)39-28(30(6,7)37)20-16-17(2)24-27(38-20)26(34)25-19-10-11-21-29(4,5)22(35)12-13-33(21)18(3)32(19,33)15-14-31(24,25)8/h17-22,24-28,35,37H,9-16,34H2,1-8H3. The van der Waals surface area contributed by atoms with Gasteiger partial charge in [0.15, 0.2) is 6.10 Å². The maximum Gasteiger partial charge on any atom is 0.305 e. The fourth-order valence-electron chi connectivity index (χ4n) is 12.8. The van der Waals surface area contributed by atoms with Crippen molar-refractivity contribution in [3.63, 3.8) is 0 Å². The Morgan fingerprint density at radius 1 is 1.08 bits per heavy atom. The first-order valence-electron chi connectivity index (χ1n) is 16.1. The summed E-state index contributed by atoms with van der Waals surface area (Å²) >= 11 is 0. The van der Waals surface area contributed by atoms with E-state index in [2.05, 4.69) is 34.6 Å². The molecule has 39 heavy (non-hydrogen) atoms. The van der Waals surface area contributed by atoms with Crippen LogP contribution in [0.2, 0.25) is 0 Å². The molecule has 0 aromatic carbocycles. The van der Waals surface area contributed by atoms with E-state index in [1.807, 2.05) is 0 Å². The van der Waals surface area contributed by atoms with Crippen LogP contribution in [0.4, 0.5) is 0 Å². The van der Waals surface area contributed by atoms with Crippen LogP contribution >= 0.6 is 0 Å². The summed E-state index contributed by atoms with van der Waals surface area (Å²) in [5.41, 5.74) is 6.93. The predicted molar refractivity (Wildman–Crippen MR) is 150 cm³/mol. The second kappa shape index (κ2) is 8.67.